The van der Waals surface area contributed by atoms with E-state index in [1.54, 1.807) is 0 Å². The number of carbonyl (C=O) groups excluding carboxylic acids is 3. The van der Waals surface area contributed by atoms with Gasteiger partial charge >= 0.3 is 6.09 Å². The highest BCUT2D eigenvalue weighted by Crippen LogP contribution is 2.12. The summed E-state index contributed by atoms with van der Waals surface area (Å²) in [5, 5.41) is 14.9. The van der Waals surface area contributed by atoms with E-state index < -0.39 is 30.1 Å². The number of hydrogen-bond acceptors (Lipinski definition) is 5. The van der Waals surface area contributed by atoms with Crippen LogP contribution in [0, 0.1) is 0 Å². The first-order valence-corrected chi connectivity index (χ1v) is 10.1. The number of ether oxygens (including phenoxy) is 1. The Morgan fingerprint density at radius 3 is 2.33 bits per heavy atom. The van der Waals surface area contributed by atoms with Gasteiger partial charge in [-0.25, -0.2) is 4.79 Å². The highest BCUT2D eigenvalue weighted by Gasteiger charge is 2.20. The van der Waals surface area contributed by atoms with Crippen LogP contribution in [0.1, 0.15) is 17.5 Å². The van der Waals surface area contributed by atoms with Gasteiger partial charge in [0.2, 0.25) is 11.8 Å². The highest BCUT2D eigenvalue weighted by atomic mass is 79.9. The van der Waals surface area contributed by atoms with E-state index in [2.05, 4.69) is 26.6 Å². The molecule has 0 saturated carbocycles. The van der Waals surface area contributed by atoms with E-state index >= 15 is 0 Å². The Morgan fingerprint density at radius 1 is 1.03 bits per heavy atom. The summed E-state index contributed by atoms with van der Waals surface area (Å²) in [5.41, 5.74) is 7.03. The van der Waals surface area contributed by atoms with E-state index in [4.69, 9.17) is 10.5 Å². The molecule has 0 aliphatic heterocycles. The number of nitrogens with one attached hydrogen (secondary N) is 2. The summed E-state index contributed by atoms with van der Waals surface area (Å²) >= 11 is 3.33. The van der Waals surface area contributed by atoms with Crippen LogP contribution < -0.4 is 16.4 Å². The van der Waals surface area contributed by atoms with Crippen LogP contribution >= 0.6 is 15.9 Å². The van der Waals surface area contributed by atoms with Crippen molar-refractivity contribution in [1.29, 1.82) is 0 Å². The molecule has 0 heterocycles. The predicted molar refractivity (Wildman–Crippen MR) is 114 cm³/mol. The minimum atomic E-state index is -1.14. The Morgan fingerprint density at radius 2 is 1.70 bits per heavy atom. The van der Waals surface area contributed by atoms with Crippen LogP contribution in [0.3, 0.4) is 0 Å². The Kier molecular flexibility index (Phi) is 9.30. The van der Waals surface area contributed by atoms with Crippen LogP contribution in [0.4, 0.5) is 4.79 Å². The lowest BCUT2D eigenvalue weighted by Crippen LogP contribution is -2.47. The lowest BCUT2D eigenvalue weighted by atomic mass is 10.1. The molecule has 0 bridgehead atoms. The summed E-state index contributed by atoms with van der Waals surface area (Å²) in [4.78, 5) is 35.5. The van der Waals surface area contributed by atoms with Crippen molar-refractivity contribution in [1.82, 2.24) is 10.6 Å². The van der Waals surface area contributed by atoms with E-state index in [1.165, 1.54) is 0 Å². The van der Waals surface area contributed by atoms with E-state index in [-0.39, 0.29) is 26.0 Å². The quantitative estimate of drug-likeness (QED) is 0.413. The number of aliphatic hydroxyl groups excluding tert-OH is 1. The minimum absolute atomic E-state index is 0.0968. The molecule has 2 atom stereocenters. The molecular weight excluding hydrogens is 454 g/mol. The lowest BCUT2D eigenvalue weighted by Gasteiger charge is -2.17. The van der Waals surface area contributed by atoms with Crippen molar-refractivity contribution in [2.24, 2.45) is 5.73 Å². The average Bonchev–Trinajstić information content (AvgIpc) is 2.72. The van der Waals surface area contributed by atoms with Crippen molar-refractivity contribution in [2.45, 2.75) is 31.6 Å². The van der Waals surface area contributed by atoms with Gasteiger partial charge in [-0.15, -0.1) is 0 Å². The molecule has 0 spiro atoms. The SMILES string of the molecule is NC(=O)[C@H](Cc1ccc(Br)cc1)NC(=O)C[C@@H](O)CNC(=O)OCc1ccccc1. The molecule has 0 aliphatic carbocycles. The smallest absolute Gasteiger partial charge is 0.407 e. The molecule has 0 aliphatic rings. The van der Waals surface area contributed by atoms with Crippen molar-refractivity contribution >= 4 is 33.8 Å². The Bertz CT molecular complexity index is 845. The first kappa shape index (κ1) is 23.4. The van der Waals surface area contributed by atoms with Crippen LogP contribution in [0.25, 0.3) is 0 Å². The second-order valence-electron chi connectivity index (χ2n) is 6.65. The molecule has 0 saturated heterocycles. The molecule has 0 radical (unpaired) electrons. The molecule has 0 fully saturated rings. The zero-order chi connectivity index (χ0) is 21.9. The third-order valence-corrected chi connectivity index (χ3v) is 4.68. The molecule has 160 valence electrons. The van der Waals surface area contributed by atoms with Gasteiger partial charge in [0, 0.05) is 17.4 Å². The molecule has 30 heavy (non-hydrogen) atoms. The van der Waals surface area contributed by atoms with Gasteiger partial charge in [0.1, 0.15) is 12.6 Å². The lowest BCUT2D eigenvalue weighted by molar-refractivity contribution is -0.128. The number of benzene rings is 2. The van der Waals surface area contributed by atoms with Crippen molar-refractivity contribution < 1.29 is 24.2 Å². The van der Waals surface area contributed by atoms with Gasteiger partial charge in [-0.3, -0.25) is 9.59 Å². The zero-order valence-electron chi connectivity index (χ0n) is 16.2. The maximum Gasteiger partial charge on any atom is 0.407 e. The topological polar surface area (TPSA) is 131 Å². The first-order valence-electron chi connectivity index (χ1n) is 9.29. The molecule has 2 aromatic rings. The maximum absolute atomic E-state index is 12.1. The number of hydrogen-bond donors (Lipinski definition) is 4. The Labute approximate surface area is 182 Å². The largest absolute Gasteiger partial charge is 0.445 e. The Balaban J connectivity index is 1.73. The van der Waals surface area contributed by atoms with Gasteiger partial charge in [0.05, 0.1) is 12.5 Å². The third-order valence-electron chi connectivity index (χ3n) is 4.15. The molecule has 5 N–H and O–H groups in total. The van der Waals surface area contributed by atoms with Gasteiger partial charge in [-0.05, 0) is 23.3 Å². The van der Waals surface area contributed by atoms with Gasteiger partial charge in [0.25, 0.3) is 0 Å². The van der Waals surface area contributed by atoms with E-state index in [1.807, 2.05) is 54.6 Å². The second kappa shape index (κ2) is 11.9. The van der Waals surface area contributed by atoms with Crippen molar-refractivity contribution in [3.05, 3.63) is 70.2 Å². The van der Waals surface area contributed by atoms with E-state index in [0.717, 1.165) is 15.6 Å². The van der Waals surface area contributed by atoms with Crippen LogP contribution in [0.2, 0.25) is 0 Å². The third kappa shape index (κ3) is 8.62. The number of nitrogens with two attached hydrogens (primary N) is 1. The van der Waals surface area contributed by atoms with Crippen LogP contribution in [0.15, 0.2) is 59.1 Å². The monoisotopic (exact) mass is 477 g/mol. The van der Waals surface area contributed by atoms with Crippen molar-refractivity contribution in [3.63, 3.8) is 0 Å². The first-order chi connectivity index (χ1) is 14.3. The fourth-order valence-corrected chi connectivity index (χ4v) is 2.86. The van der Waals surface area contributed by atoms with Crippen LogP contribution in [-0.2, 0) is 27.4 Å². The van der Waals surface area contributed by atoms with Crippen molar-refractivity contribution in [2.75, 3.05) is 6.54 Å². The number of halogens is 1. The zero-order valence-corrected chi connectivity index (χ0v) is 17.8. The number of alkyl carbamates (subject to hydrolysis) is 1. The fourth-order valence-electron chi connectivity index (χ4n) is 2.59. The number of amides is 3. The van der Waals surface area contributed by atoms with E-state index in [9.17, 15) is 19.5 Å². The van der Waals surface area contributed by atoms with Gasteiger partial charge < -0.3 is 26.2 Å². The molecule has 3 amide bonds. The predicted octanol–water partition coefficient (Wildman–Crippen LogP) is 1.64. The summed E-state index contributed by atoms with van der Waals surface area (Å²) in [7, 11) is 0. The summed E-state index contributed by atoms with van der Waals surface area (Å²) in [5.74, 6) is -1.23. The standard InChI is InChI=1S/C21H24BrN3O5/c22-16-8-6-14(7-9-16)10-18(20(23)28)25-19(27)11-17(26)12-24-21(29)30-13-15-4-2-1-3-5-15/h1-9,17-18,26H,10-13H2,(H2,23,28)(H,24,29)(H,25,27)/t17-,18+/m1/s1. The van der Waals surface area contributed by atoms with Gasteiger partial charge in [0.15, 0.2) is 0 Å². The van der Waals surface area contributed by atoms with Gasteiger partial charge in [-0.1, -0.05) is 58.4 Å². The fraction of sp³-hybridized carbons (Fsp3) is 0.286. The summed E-state index contributed by atoms with van der Waals surface area (Å²) in [6.45, 7) is -0.0748. The van der Waals surface area contributed by atoms with E-state index in [0.29, 0.717) is 0 Å². The summed E-state index contributed by atoms with van der Waals surface area (Å²) in [6.07, 6.45) is -1.92. The van der Waals surface area contributed by atoms with Gasteiger partial charge in [-0.2, -0.15) is 0 Å². The summed E-state index contributed by atoms with van der Waals surface area (Å²) in [6, 6.07) is 15.5. The Hall–Kier alpha value is -2.91. The maximum atomic E-state index is 12.1. The minimum Gasteiger partial charge on any atom is -0.445 e. The number of carbonyl (C=O) groups is 3. The average molecular weight is 478 g/mol. The molecule has 0 aromatic heterocycles. The molecule has 0 unspecified atom stereocenters. The molecule has 9 heteroatoms. The number of rotatable bonds is 10. The van der Waals surface area contributed by atoms with Crippen molar-refractivity contribution in [3.8, 4) is 0 Å². The number of aliphatic hydroxyl groups is 1. The molecule has 8 nitrogen and oxygen atoms in total. The number of primary amides is 1. The summed E-state index contributed by atoms with van der Waals surface area (Å²) < 4.78 is 5.92. The highest BCUT2D eigenvalue weighted by molar-refractivity contribution is 9.10. The second-order valence-corrected chi connectivity index (χ2v) is 7.57. The molecule has 2 aromatic carbocycles. The molecule has 2 rings (SSSR count). The molecular formula is C21H24BrN3O5. The van der Waals surface area contributed by atoms with Crippen LogP contribution in [0.5, 0.6) is 0 Å². The van der Waals surface area contributed by atoms with Crippen LogP contribution in [-0.4, -0.2) is 41.7 Å². The normalized spacial score (nSPS) is 12.5.